The third-order valence-electron chi connectivity index (χ3n) is 2.82. The van der Waals surface area contributed by atoms with E-state index in [-0.39, 0.29) is 12.1 Å². The molecule has 0 fully saturated rings. The first-order chi connectivity index (χ1) is 9.99. The molecule has 0 unspecified atom stereocenters. The molecule has 0 saturated carbocycles. The van der Waals surface area contributed by atoms with E-state index >= 15 is 0 Å². The van der Waals surface area contributed by atoms with Crippen LogP contribution in [-0.4, -0.2) is 10.9 Å². The van der Waals surface area contributed by atoms with Gasteiger partial charge < -0.3 is 10.7 Å². The molecule has 1 aromatic heterocycles. The average Bonchev–Trinajstić information content (AvgIpc) is 2.45. The minimum Gasteiger partial charge on any atom is -0.348 e. The SMILES string of the molecule is Cc1cc(C(=O)NCc2ccc(F)cc2F)cc(NN)n1. The average molecular weight is 292 g/mol. The number of aromatic nitrogens is 1. The van der Waals surface area contributed by atoms with Crippen molar-refractivity contribution in [3.05, 3.63) is 58.8 Å². The summed E-state index contributed by atoms with van der Waals surface area (Å²) in [6, 6.07) is 6.25. The highest BCUT2D eigenvalue weighted by molar-refractivity contribution is 5.94. The van der Waals surface area contributed by atoms with Crippen molar-refractivity contribution in [1.29, 1.82) is 0 Å². The molecule has 1 heterocycles. The molecule has 0 aliphatic rings. The third-order valence-corrected chi connectivity index (χ3v) is 2.82. The molecule has 0 bridgehead atoms. The Labute approximate surface area is 120 Å². The Morgan fingerprint density at radius 3 is 2.71 bits per heavy atom. The van der Waals surface area contributed by atoms with Gasteiger partial charge >= 0.3 is 0 Å². The van der Waals surface area contributed by atoms with Gasteiger partial charge in [0, 0.05) is 29.4 Å². The molecule has 21 heavy (non-hydrogen) atoms. The van der Waals surface area contributed by atoms with Gasteiger partial charge in [-0.2, -0.15) is 0 Å². The molecule has 0 spiro atoms. The van der Waals surface area contributed by atoms with E-state index in [4.69, 9.17) is 5.84 Å². The standard InChI is InChI=1S/C14H14F2N4O/c1-8-4-10(5-13(19-8)20-17)14(21)18-7-9-2-3-11(15)6-12(9)16/h2-6H,7,17H2,1H3,(H,18,21)(H,19,20). The van der Waals surface area contributed by atoms with Gasteiger partial charge in [0.2, 0.25) is 0 Å². The first-order valence-corrected chi connectivity index (χ1v) is 6.17. The van der Waals surface area contributed by atoms with Crippen molar-refractivity contribution in [2.45, 2.75) is 13.5 Å². The van der Waals surface area contributed by atoms with Gasteiger partial charge in [0.1, 0.15) is 17.5 Å². The molecule has 2 aromatic rings. The van der Waals surface area contributed by atoms with Crippen LogP contribution in [0.15, 0.2) is 30.3 Å². The Balaban J connectivity index is 2.09. The van der Waals surface area contributed by atoms with Crippen LogP contribution in [0.2, 0.25) is 0 Å². The minimum absolute atomic E-state index is 0.0439. The maximum atomic E-state index is 13.5. The quantitative estimate of drug-likeness (QED) is 0.594. The first kappa shape index (κ1) is 14.9. The lowest BCUT2D eigenvalue weighted by Gasteiger charge is -2.08. The molecule has 5 nitrogen and oxygen atoms in total. The number of pyridine rings is 1. The van der Waals surface area contributed by atoms with Crippen molar-refractivity contribution in [3.63, 3.8) is 0 Å². The number of hydrogen-bond acceptors (Lipinski definition) is 4. The summed E-state index contributed by atoms with van der Waals surface area (Å²) < 4.78 is 26.2. The molecule has 4 N–H and O–H groups in total. The predicted octanol–water partition coefficient (Wildman–Crippen LogP) is 1.88. The molecule has 1 amide bonds. The van der Waals surface area contributed by atoms with E-state index in [2.05, 4.69) is 15.7 Å². The molecule has 7 heteroatoms. The van der Waals surface area contributed by atoms with Crippen molar-refractivity contribution in [3.8, 4) is 0 Å². The Hall–Kier alpha value is -2.54. The number of amides is 1. The Morgan fingerprint density at radius 1 is 1.29 bits per heavy atom. The van der Waals surface area contributed by atoms with Crippen LogP contribution in [0.25, 0.3) is 0 Å². The number of nitrogens with one attached hydrogen (secondary N) is 2. The van der Waals surface area contributed by atoms with Crippen LogP contribution >= 0.6 is 0 Å². The van der Waals surface area contributed by atoms with Gasteiger partial charge in [0.15, 0.2) is 0 Å². The second-order valence-electron chi connectivity index (χ2n) is 4.45. The van der Waals surface area contributed by atoms with Gasteiger partial charge in [-0.3, -0.25) is 4.79 Å². The van der Waals surface area contributed by atoms with E-state index in [0.29, 0.717) is 17.1 Å². The molecular weight excluding hydrogens is 278 g/mol. The van der Waals surface area contributed by atoms with Crippen LogP contribution < -0.4 is 16.6 Å². The van der Waals surface area contributed by atoms with Gasteiger partial charge in [-0.15, -0.1) is 0 Å². The zero-order valence-electron chi connectivity index (χ0n) is 11.3. The molecule has 0 radical (unpaired) electrons. The Morgan fingerprint density at radius 2 is 2.05 bits per heavy atom. The molecule has 110 valence electrons. The van der Waals surface area contributed by atoms with Crippen molar-refractivity contribution in [2.24, 2.45) is 5.84 Å². The zero-order chi connectivity index (χ0) is 15.4. The summed E-state index contributed by atoms with van der Waals surface area (Å²) >= 11 is 0. The largest absolute Gasteiger partial charge is 0.348 e. The van der Waals surface area contributed by atoms with Crippen LogP contribution in [0.1, 0.15) is 21.6 Å². The van der Waals surface area contributed by atoms with Crippen LogP contribution in [0.3, 0.4) is 0 Å². The molecule has 2 rings (SSSR count). The number of nitrogens with two attached hydrogens (primary N) is 1. The summed E-state index contributed by atoms with van der Waals surface area (Å²) in [5.41, 5.74) is 3.52. The normalized spacial score (nSPS) is 10.3. The Kier molecular flexibility index (Phi) is 4.44. The molecule has 0 aliphatic carbocycles. The lowest BCUT2D eigenvalue weighted by molar-refractivity contribution is 0.0950. The minimum atomic E-state index is -0.703. The second-order valence-corrected chi connectivity index (χ2v) is 4.45. The molecular formula is C14H14F2N4O. The van der Waals surface area contributed by atoms with Gasteiger partial charge in [-0.25, -0.2) is 19.6 Å². The number of carbonyl (C=O) groups is 1. The molecule has 0 saturated heterocycles. The zero-order valence-corrected chi connectivity index (χ0v) is 11.3. The number of aryl methyl sites for hydroxylation is 1. The van der Waals surface area contributed by atoms with Gasteiger partial charge in [0.25, 0.3) is 5.91 Å². The molecule has 1 aromatic carbocycles. The second kappa shape index (κ2) is 6.27. The number of anilines is 1. The number of hydrazine groups is 1. The van der Waals surface area contributed by atoms with E-state index in [9.17, 15) is 13.6 Å². The number of carbonyl (C=O) groups excluding carboxylic acids is 1. The van der Waals surface area contributed by atoms with Gasteiger partial charge in [-0.05, 0) is 25.1 Å². The number of rotatable bonds is 4. The van der Waals surface area contributed by atoms with Crippen LogP contribution in [0.4, 0.5) is 14.6 Å². The number of hydrogen-bond donors (Lipinski definition) is 3. The Bertz CT molecular complexity index is 676. The van der Waals surface area contributed by atoms with E-state index in [1.807, 2.05) is 0 Å². The fraction of sp³-hybridized carbons (Fsp3) is 0.143. The first-order valence-electron chi connectivity index (χ1n) is 6.17. The van der Waals surface area contributed by atoms with Gasteiger partial charge in [-0.1, -0.05) is 6.07 Å². The van der Waals surface area contributed by atoms with Crippen LogP contribution in [0, 0.1) is 18.6 Å². The lowest BCUT2D eigenvalue weighted by Crippen LogP contribution is -2.24. The highest BCUT2D eigenvalue weighted by Crippen LogP contribution is 2.11. The maximum Gasteiger partial charge on any atom is 0.251 e. The number of benzene rings is 1. The number of nitrogens with zero attached hydrogens (tertiary/aromatic N) is 1. The summed E-state index contributed by atoms with van der Waals surface area (Å²) in [7, 11) is 0. The van der Waals surface area contributed by atoms with E-state index < -0.39 is 17.5 Å². The van der Waals surface area contributed by atoms with E-state index in [0.717, 1.165) is 12.1 Å². The van der Waals surface area contributed by atoms with Crippen molar-refractivity contribution in [1.82, 2.24) is 10.3 Å². The highest BCUT2D eigenvalue weighted by Gasteiger charge is 2.10. The summed E-state index contributed by atoms with van der Waals surface area (Å²) in [6.45, 7) is 1.68. The number of nitrogen functional groups attached to an aromatic ring is 1. The summed E-state index contributed by atoms with van der Waals surface area (Å²) in [4.78, 5) is 16.1. The topological polar surface area (TPSA) is 80.0 Å². The predicted molar refractivity (Wildman–Crippen MR) is 74.3 cm³/mol. The fourth-order valence-electron chi connectivity index (χ4n) is 1.82. The highest BCUT2D eigenvalue weighted by atomic mass is 19.1. The molecule has 0 aliphatic heterocycles. The fourth-order valence-corrected chi connectivity index (χ4v) is 1.82. The smallest absolute Gasteiger partial charge is 0.251 e. The van der Waals surface area contributed by atoms with Crippen molar-refractivity contribution in [2.75, 3.05) is 5.43 Å². The van der Waals surface area contributed by atoms with Crippen LogP contribution in [0.5, 0.6) is 0 Å². The van der Waals surface area contributed by atoms with E-state index in [1.54, 1.807) is 13.0 Å². The summed E-state index contributed by atoms with van der Waals surface area (Å²) in [5.74, 6) is 3.85. The summed E-state index contributed by atoms with van der Waals surface area (Å²) in [6.07, 6.45) is 0. The lowest BCUT2D eigenvalue weighted by atomic mass is 10.2. The number of halogens is 2. The van der Waals surface area contributed by atoms with E-state index in [1.165, 1.54) is 12.1 Å². The maximum absolute atomic E-state index is 13.5. The van der Waals surface area contributed by atoms with Crippen LogP contribution in [-0.2, 0) is 6.54 Å². The third kappa shape index (κ3) is 3.73. The summed E-state index contributed by atoms with van der Waals surface area (Å²) in [5, 5.41) is 2.56. The monoisotopic (exact) mass is 292 g/mol. The van der Waals surface area contributed by atoms with Crippen molar-refractivity contribution < 1.29 is 13.6 Å². The van der Waals surface area contributed by atoms with Crippen molar-refractivity contribution >= 4 is 11.7 Å². The van der Waals surface area contributed by atoms with Gasteiger partial charge in [0.05, 0.1) is 0 Å². The molecule has 0 atom stereocenters.